The lowest BCUT2D eigenvalue weighted by atomic mass is 9.92. The second kappa shape index (κ2) is 10.5. The quantitative estimate of drug-likeness (QED) is 0.483. The van der Waals surface area contributed by atoms with Crippen molar-refractivity contribution in [2.45, 2.75) is 71.2 Å². The van der Waals surface area contributed by atoms with E-state index in [9.17, 15) is 19.8 Å². The third-order valence-corrected chi connectivity index (χ3v) is 4.39. The predicted octanol–water partition coefficient (Wildman–Crippen LogP) is 5.18. The Bertz CT molecular complexity index is 950. The number of alkyl carbamates (subject to hydrolysis) is 2. The molecule has 0 bridgehead atoms. The van der Waals surface area contributed by atoms with Crippen molar-refractivity contribution in [3.63, 3.8) is 0 Å². The number of hydrogen-bond donors (Lipinski definition) is 4. The topological polar surface area (TPSA) is 117 Å². The number of rotatable bonds is 5. The number of carbonyl (C=O) groups excluding carboxylic acids is 2. The lowest BCUT2D eigenvalue weighted by Crippen LogP contribution is -2.49. The van der Waals surface area contributed by atoms with Crippen molar-refractivity contribution < 1.29 is 29.3 Å². The summed E-state index contributed by atoms with van der Waals surface area (Å²) in [5, 5.41) is 25.6. The zero-order valence-corrected chi connectivity index (χ0v) is 20.0. The van der Waals surface area contributed by atoms with Crippen molar-refractivity contribution >= 4 is 12.2 Å². The van der Waals surface area contributed by atoms with E-state index in [2.05, 4.69) is 10.6 Å². The van der Waals surface area contributed by atoms with Gasteiger partial charge in [-0.15, -0.1) is 0 Å². The molecule has 1 aliphatic carbocycles. The summed E-state index contributed by atoms with van der Waals surface area (Å²) in [4.78, 5) is 25.5. The van der Waals surface area contributed by atoms with Crippen LogP contribution in [0.15, 0.2) is 59.9 Å². The SMILES string of the molecule is CC(C)(C)OC(=O)NC(C1=CCC(O)=CC=C1)C(NC(=O)OC(C)(C)C)c1cccc(O)c1. The molecule has 1 aliphatic rings. The fourth-order valence-electron chi connectivity index (χ4n) is 3.16. The molecule has 2 atom stereocenters. The largest absolute Gasteiger partial charge is 0.512 e. The first-order chi connectivity index (χ1) is 15.2. The van der Waals surface area contributed by atoms with E-state index in [0.717, 1.165) is 0 Å². The van der Waals surface area contributed by atoms with Crippen molar-refractivity contribution in [2.24, 2.45) is 0 Å². The monoisotopic (exact) mass is 458 g/mol. The van der Waals surface area contributed by atoms with Crippen molar-refractivity contribution in [1.82, 2.24) is 10.6 Å². The molecular formula is C25H34N2O6. The number of aliphatic hydroxyl groups excluding tert-OH is 1. The smallest absolute Gasteiger partial charge is 0.408 e. The molecule has 0 saturated heterocycles. The van der Waals surface area contributed by atoms with Gasteiger partial charge in [-0.2, -0.15) is 0 Å². The van der Waals surface area contributed by atoms with Gasteiger partial charge in [-0.25, -0.2) is 9.59 Å². The molecule has 0 aromatic heterocycles. The van der Waals surface area contributed by atoms with E-state index in [0.29, 0.717) is 11.1 Å². The first-order valence-electron chi connectivity index (χ1n) is 10.8. The van der Waals surface area contributed by atoms with Crippen LogP contribution in [-0.4, -0.2) is 39.6 Å². The van der Waals surface area contributed by atoms with Gasteiger partial charge in [0.2, 0.25) is 0 Å². The van der Waals surface area contributed by atoms with E-state index in [-0.39, 0.29) is 17.9 Å². The Morgan fingerprint density at radius 3 is 2.06 bits per heavy atom. The number of benzene rings is 1. The van der Waals surface area contributed by atoms with Gasteiger partial charge in [-0.05, 0) is 70.9 Å². The first kappa shape index (κ1) is 25.8. The van der Waals surface area contributed by atoms with Gasteiger partial charge in [0.1, 0.15) is 17.0 Å². The molecule has 0 spiro atoms. The van der Waals surface area contributed by atoms with Gasteiger partial charge in [0.15, 0.2) is 0 Å². The number of aromatic hydroxyl groups is 1. The summed E-state index contributed by atoms with van der Waals surface area (Å²) in [6, 6.07) is 4.76. The van der Waals surface area contributed by atoms with E-state index >= 15 is 0 Å². The number of ether oxygens (including phenoxy) is 2. The number of amides is 2. The van der Waals surface area contributed by atoms with Crippen LogP contribution in [0, 0.1) is 0 Å². The minimum Gasteiger partial charge on any atom is -0.512 e. The summed E-state index contributed by atoms with van der Waals surface area (Å²) in [5.74, 6) is 0.162. The zero-order chi connectivity index (χ0) is 24.8. The highest BCUT2D eigenvalue weighted by atomic mass is 16.6. The van der Waals surface area contributed by atoms with Gasteiger partial charge in [-0.3, -0.25) is 0 Å². The second-order valence-electron chi connectivity index (χ2n) is 9.77. The van der Waals surface area contributed by atoms with Gasteiger partial charge >= 0.3 is 12.2 Å². The number of phenols is 1. The Balaban J connectivity index is 2.50. The van der Waals surface area contributed by atoms with Crippen molar-refractivity contribution in [3.8, 4) is 5.75 Å². The van der Waals surface area contributed by atoms with Crippen molar-refractivity contribution in [1.29, 1.82) is 0 Å². The van der Waals surface area contributed by atoms with Crippen molar-refractivity contribution in [2.75, 3.05) is 0 Å². The van der Waals surface area contributed by atoms with E-state index in [1.165, 1.54) is 12.1 Å². The summed E-state index contributed by atoms with van der Waals surface area (Å²) in [7, 11) is 0. The van der Waals surface area contributed by atoms with Crippen LogP contribution in [0.3, 0.4) is 0 Å². The highest BCUT2D eigenvalue weighted by Gasteiger charge is 2.32. The Morgan fingerprint density at radius 1 is 0.939 bits per heavy atom. The van der Waals surface area contributed by atoms with Gasteiger partial charge in [0.25, 0.3) is 0 Å². The summed E-state index contributed by atoms with van der Waals surface area (Å²) >= 11 is 0. The molecule has 0 fully saturated rings. The standard InChI is InChI=1S/C25H34N2O6/c1-24(2,3)32-22(30)26-20(16-9-7-11-18(28)14-13-16)21(17-10-8-12-19(29)15-17)27-23(31)33-25(4,5)6/h7-13,15,20-21,28-29H,14H2,1-6H3,(H,26,30)(H,27,31). The van der Waals surface area contributed by atoms with Crippen LogP contribution in [-0.2, 0) is 9.47 Å². The highest BCUT2D eigenvalue weighted by Crippen LogP contribution is 2.28. The fourth-order valence-corrected chi connectivity index (χ4v) is 3.16. The van der Waals surface area contributed by atoms with E-state index in [1.54, 1.807) is 78.0 Å². The minimum absolute atomic E-state index is 0.00389. The van der Waals surface area contributed by atoms with Gasteiger partial charge in [-0.1, -0.05) is 30.4 Å². The second-order valence-corrected chi connectivity index (χ2v) is 9.77. The third kappa shape index (κ3) is 8.92. The number of hydrogen-bond acceptors (Lipinski definition) is 6. The van der Waals surface area contributed by atoms with E-state index in [1.807, 2.05) is 0 Å². The molecule has 4 N–H and O–H groups in total. The molecule has 180 valence electrons. The number of allylic oxidation sites excluding steroid dienone is 3. The normalized spacial score (nSPS) is 15.9. The molecule has 2 amide bonds. The predicted molar refractivity (Wildman–Crippen MR) is 126 cm³/mol. The number of phenolic OH excluding ortho intramolecular Hbond substituents is 1. The van der Waals surface area contributed by atoms with Gasteiger partial charge in [0.05, 0.1) is 17.8 Å². The molecule has 0 heterocycles. The molecule has 8 heteroatoms. The average Bonchev–Trinajstić information content (AvgIpc) is 2.86. The number of nitrogens with one attached hydrogen (secondary N) is 2. The first-order valence-corrected chi connectivity index (χ1v) is 10.8. The Labute approximate surface area is 195 Å². The third-order valence-electron chi connectivity index (χ3n) is 4.39. The summed E-state index contributed by atoms with van der Waals surface area (Å²) in [6.07, 6.45) is 5.57. The van der Waals surface area contributed by atoms with Crippen molar-refractivity contribution in [3.05, 3.63) is 65.5 Å². The van der Waals surface area contributed by atoms with Gasteiger partial charge in [0, 0.05) is 6.42 Å². The zero-order valence-electron chi connectivity index (χ0n) is 20.0. The molecule has 1 aromatic rings. The summed E-state index contributed by atoms with van der Waals surface area (Å²) in [5.41, 5.74) is -0.303. The Kier molecular flexibility index (Phi) is 8.19. The maximum absolute atomic E-state index is 12.7. The molecule has 2 rings (SSSR count). The fraction of sp³-hybridized carbons (Fsp3) is 0.440. The molecule has 0 radical (unpaired) electrons. The molecule has 33 heavy (non-hydrogen) atoms. The molecule has 2 unspecified atom stereocenters. The van der Waals surface area contributed by atoms with Crippen LogP contribution in [0.25, 0.3) is 0 Å². The minimum atomic E-state index is -0.824. The summed E-state index contributed by atoms with van der Waals surface area (Å²) < 4.78 is 10.9. The van der Waals surface area contributed by atoms with Gasteiger partial charge < -0.3 is 30.3 Å². The number of aliphatic hydroxyl groups is 1. The maximum atomic E-state index is 12.7. The molecule has 8 nitrogen and oxygen atoms in total. The highest BCUT2D eigenvalue weighted by molar-refractivity contribution is 5.71. The Hall–Kier alpha value is -3.42. The molecule has 0 saturated carbocycles. The van der Waals surface area contributed by atoms with Crippen LogP contribution in [0.4, 0.5) is 9.59 Å². The van der Waals surface area contributed by atoms with Crippen LogP contribution >= 0.6 is 0 Å². The Morgan fingerprint density at radius 2 is 1.52 bits per heavy atom. The lowest BCUT2D eigenvalue weighted by Gasteiger charge is -2.32. The van der Waals surface area contributed by atoms with Crippen LogP contribution in [0.2, 0.25) is 0 Å². The summed E-state index contributed by atoms with van der Waals surface area (Å²) in [6.45, 7) is 10.5. The van der Waals surface area contributed by atoms with Crippen LogP contribution in [0.1, 0.15) is 59.6 Å². The van der Waals surface area contributed by atoms with E-state index < -0.39 is 35.5 Å². The number of carbonyl (C=O) groups is 2. The molecular weight excluding hydrogens is 424 g/mol. The maximum Gasteiger partial charge on any atom is 0.408 e. The molecule has 1 aromatic carbocycles. The molecule has 0 aliphatic heterocycles. The van der Waals surface area contributed by atoms with Crippen LogP contribution in [0.5, 0.6) is 5.75 Å². The van der Waals surface area contributed by atoms with E-state index in [4.69, 9.17) is 9.47 Å². The average molecular weight is 459 g/mol. The lowest BCUT2D eigenvalue weighted by molar-refractivity contribution is 0.0440. The van der Waals surface area contributed by atoms with Crippen LogP contribution < -0.4 is 10.6 Å².